The van der Waals surface area contributed by atoms with Gasteiger partial charge in [-0.05, 0) is 26.8 Å². The van der Waals surface area contributed by atoms with Crippen LogP contribution in [0.15, 0.2) is 0 Å². The van der Waals surface area contributed by atoms with Crippen LogP contribution >= 0.6 is 0 Å². The average molecular weight is 279 g/mol. The molecule has 0 aliphatic carbocycles. The lowest BCUT2D eigenvalue weighted by Crippen LogP contribution is -2.54. The van der Waals surface area contributed by atoms with Crippen molar-refractivity contribution in [2.24, 2.45) is 0 Å². The lowest BCUT2D eigenvalue weighted by atomic mass is 10.0. The number of rotatable bonds is 9. The highest BCUT2D eigenvalue weighted by atomic mass is 15.3. The highest BCUT2D eigenvalue weighted by Gasteiger charge is 2.29. The Balaban J connectivity index is 2.04. The van der Waals surface area contributed by atoms with E-state index >= 15 is 0 Å². The summed E-state index contributed by atoms with van der Waals surface area (Å²) in [7, 11) is 0. The standard InChI is InChI=1S/C17H33N3/c1-4-5-6-7-8-9-10-11-19-12-14-20(15-13-19)17(2,3)16-18/h4-15H2,1-3H3. The molecular weight excluding hydrogens is 246 g/mol. The van der Waals surface area contributed by atoms with E-state index in [4.69, 9.17) is 5.26 Å². The van der Waals surface area contributed by atoms with Gasteiger partial charge in [-0.2, -0.15) is 5.26 Å². The molecule has 0 saturated carbocycles. The fraction of sp³-hybridized carbons (Fsp3) is 0.941. The highest BCUT2D eigenvalue weighted by molar-refractivity contribution is 5.02. The quantitative estimate of drug-likeness (QED) is 0.603. The Morgan fingerprint density at radius 2 is 1.45 bits per heavy atom. The summed E-state index contributed by atoms with van der Waals surface area (Å²) in [5, 5.41) is 9.17. The predicted molar refractivity (Wildman–Crippen MR) is 85.7 cm³/mol. The first-order valence-electron chi connectivity index (χ1n) is 8.49. The molecule has 1 aliphatic heterocycles. The molecule has 0 atom stereocenters. The highest BCUT2D eigenvalue weighted by Crippen LogP contribution is 2.16. The lowest BCUT2D eigenvalue weighted by Gasteiger charge is -2.40. The van der Waals surface area contributed by atoms with Crippen LogP contribution in [-0.2, 0) is 0 Å². The van der Waals surface area contributed by atoms with Crippen LogP contribution in [0.3, 0.4) is 0 Å². The van der Waals surface area contributed by atoms with Crippen molar-refractivity contribution in [3.05, 3.63) is 0 Å². The normalized spacial score (nSPS) is 18.1. The van der Waals surface area contributed by atoms with Crippen LogP contribution in [0.25, 0.3) is 0 Å². The van der Waals surface area contributed by atoms with Gasteiger partial charge in [0.15, 0.2) is 0 Å². The van der Waals surface area contributed by atoms with Crippen LogP contribution in [0.2, 0.25) is 0 Å². The number of unbranched alkanes of at least 4 members (excludes halogenated alkanes) is 6. The van der Waals surface area contributed by atoms with Crippen LogP contribution in [0.4, 0.5) is 0 Å². The minimum atomic E-state index is -0.300. The first-order chi connectivity index (χ1) is 9.60. The molecule has 0 bridgehead atoms. The van der Waals surface area contributed by atoms with Gasteiger partial charge in [-0.25, -0.2) is 0 Å². The molecule has 20 heavy (non-hydrogen) atoms. The van der Waals surface area contributed by atoms with Crippen LogP contribution in [0.1, 0.15) is 65.7 Å². The molecule has 1 saturated heterocycles. The Kier molecular flexibility index (Phi) is 8.18. The van der Waals surface area contributed by atoms with Crippen molar-refractivity contribution in [3.63, 3.8) is 0 Å². The average Bonchev–Trinajstić information content (AvgIpc) is 2.47. The van der Waals surface area contributed by atoms with Crippen LogP contribution in [0, 0.1) is 11.3 Å². The van der Waals surface area contributed by atoms with Gasteiger partial charge in [0.1, 0.15) is 5.54 Å². The van der Waals surface area contributed by atoms with Gasteiger partial charge in [0.2, 0.25) is 0 Å². The fourth-order valence-corrected chi connectivity index (χ4v) is 2.89. The van der Waals surface area contributed by atoms with Gasteiger partial charge in [0.05, 0.1) is 6.07 Å². The third-order valence-corrected chi connectivity index (χ3v) is 4.51. The molecule has 0 aromatic rings. The Morgan fingerprint density at radius 3 is 2.00 bits per heavy atom. The fourth-order valence-electron chi connectivity index (χ4n) is 2.89. The molecule has 1 fully saturated rings. The van der Waals surface area contributed by atoms with Gasteiger partial charge in [0.25, 0.3) is 0 Å². The van der Waals surface area contributed by atoms with Crippen molar-refractivity contribution in [1.82, 2.24) is 9.80 Å². The zero-order valence-corrected chi connectivity index (χ0v) is 13.8. The maximum atomic E-state index is 9.17. The summed E-state index contributed by atoms with van der Waals surface area (Å²) < 4.78 is 0. The minimum Gasteiger partial charge on any atom is -0.301 e. The summed E-state index contributed by atoms with van der Waals surface area (Å²) in [6.45, 7) is 11.9. The molecule has 0 spiro atoms. The Bertz CT molecular complexity index is 285. The largest absolute Gasteiger partial charge is 0.301 e. The van der Waals surface area contributed by atoms with E-state index in [1.54, 1.807) is 0 Å². The second kappa shape index (κ2) is 9.37. The maximum Gasteiger partial charge on any atom is 0.103 e. The van der Waals surface area contributed by atoms with E-state index in [1.165, 1.54) is 51.5 Å². The SMILES string of the molecule is CCCCCCCCCN1CCN(C(C)(C)C#N)CC1. The van der Waals surface area contributed by atoms with E-state index in [0.29, 0.717) is 0 Å². The zero-order chi connectivity index (χ0) is 14.8. The van der Waals surface area contributed by atoms with Crippen LogP contribution in [-0.4, -0.2) is 48.1 Å². The number of hydrogen-bond donors (Lipinski definition) is 0. The van der Waals surface area contributed by atoms with Gasteiger partial charge < -0.3 is 4.90 Å². The molecule has 0 N–H and O–H groups in total. The third kappa shape index (κ3) is 6.24. The molecule has 0 unspecified atom stereocenters. The van der Waals surface area contributed by atoms with Crippen LogP contribution in [0.5, 0.6) is 0 Å². The maximum absolute atomic E-state index is 9.17. The topological polar surface area (TPSA) is 30.3 Å². The summed E-state index contributed by atoms with van der Waals surface area (Å²) in [6, 6.07) is 2.41. The van der Waals surface area contributed by atoms with E-state index in [-0.39, 0.29) is 5.54 Å². The molecule has 3 heteroatoms. The van der Waals surface area contributed by atoms with E-state index in [2.05, 4.69) is 22.8 Å². The third-order valence-electron chi connectivity index (χ3n) is 4.51. The van der Waals surface area contributed by atoms with E-state index < -0.39 is 0 Å². The molecule has 0 aromatic carbocycles. The smallest absolute Gasteiger partial charge is 0.103 e. The molecular formula is C17H33N3. The lowest BCUT2D eigenvalue weighted by molar-refractivity contribution is 0.0792. The summed E-state index contributed by atoms with van der Waals surface area (Å²) in [5.41, 5.74) is -0.300. The second-order valence-corrected chi connectivity index (χ2v) is 6.62. The number of nitrogens with zero attached hydrogens (tertiary/aromatic N) is 3. The molecule has 116 valence electrons. The molecule has 1 aliphatic rings. The van der Waals surface area contributed by atoms with E-state index in [0.717, 1.165) is 26.2 Å². The molecule has 3 nitrogen and oxygen atoms in total. The number of hydrogen-bond acceptors (Lipinski definition) is 3. The summed E-state index contributed by atoms with van der Waals surface area (Å²) in [6.07, 6.45) is 9.69. The van der Waals surface area contributed by atoms with Crippen LogP contribution < -0.4 is 0 Å². The second-order valence-electron chi connectivity index (χ2n) is 6.62. The molecule has 0 radical (unpaired) electrons. The van der Waals surface area contributed by atoms with Crippen molar-refractivity contribution >= 4 is 0 Å². The first kappa shape index (κ1) is 17.5. The monoisotopic (exact) mass is 279 g/mol. The molecule has 0 aromatic heterocycles. The number of nitriles is 1. The molecule has 1 heterocycles. The summed E-state index contributed by atoms with van der Waals surface area (Å²) >= 11 is 0. The van der Waals surface area contributed by atoms with Crippen molar-refractivity contribution in [2.75, 3.05) is 32.7 Å². The van der Waals surface area contributed by atoms with Gasteiger partial charge >= 0.3 is 0 Å². The summed E-state index contributed by atoms with van der Waals surface area (Å²) in [4.78, 5) is 4.88. The van der Waals surface area contributed by atoms with Crippen molar-refractivity contribution in [2.45, 2.75) is 71.3 Å². The van der Waals surface area contributed by atoms with Gasteiger partial charge in [-0.15, -0.1) is 0 Å². The van der Waals surface area contributed by atoms with E-state index in [1.807, 2.05) is 13.8 Å². The predicted octanol–water partition coefficient (Wildman–Crippen LogP) is 3.66. The Hall–Kier alpha value is -0.590. The van der Waals surface area contributed by atoms with Crippen molar-refractivity contribution < 1.29 is 0 Å². The summed E-state index contributed by atoms with van der Waals surface area (Å²) in [5.74, 6) is 0. The first-order valence-corrected chi connectivity index (χ1v) is 8.49. The zero-order valence-electron chi connectivity index (χ0n) is 13.8. The van der Waals surface area contributed by atoms with Crippen molar-refractivity contribution in [1.29, 1.82) is 5.26 Å². The number of piperazine rings is 1. The Labute approximate surface area is 125 Å². The minimum absolute atomic E-state index is 0.300. The van der Waals surface area contributed by atoms with Gasteiger partial charge in [-0.3, -0.25) is 4.90 Å². The van der Waals surface area contributed by atoms with Gasteiger partial charge in [-0.1, -0.05) is 45.4 Å². The van der Waals surface area contributed by atoms with E-state index in [9.17, 15) is 0 Å². The van der Waals surface area contributed by atoms with Gasteiger partial charge in [0, 0.05) is 26.2 Å². The van der Waals surface area contributed by atoms with Crippen molar-refractivity contribution in [3.8, 4) is 6.07 Å². The Morgan fingerprint density at radius 1 is 0.900 bits per heavy atom. The molecule has 1 rings (SSSR count). The molecule has 0 amide bonds.